The van der Waals surface area contributed by atoms with Gasteiger partial charge in [0.1, 0.15) is 16.7 Å². The average molecular weight is 576 g/mol. The van der Waals surface area contributed by atoms with E-state index >= 15 is 0 Å². The number of nitrogens with one attached hydrogen (secondary N) is 2. The summed E-state index contributed by atoms with van der Waals surface area (Å²) in [6.45, 7) is 4.87. The molecule has 2 aromatic rings. The summed E-state index contributed by atoms with van der Waals surface area (Å²) in [4.78, 5) is 23.6. The summed E-state index contributed by atoms with van der Waals surface area (Å²) < 4.78 is 85.3. The Morgan fingerprint density at radius 3 is 2.51 bits per heavy atom. The Morgan fingerprint density at radius 1 is 1.23 bits per heavy atom. The number of fused-ring (bicyclic) bond motifs is 1. The minimum absolute atomic E-state index is 0.0112. The molecular formula is C23H28F3N5O7S. The van der Waals surface area contributed by atoms with Gasteiger partial charge in [0.25, 0.3) is 10.0 Å². The number of amides is 2. The Morgan fingerprint density at radius 2 is 1.92 bits per heavy atom. The number of rotatable bonds is 7. The van der Waals surface area contributed by atoms with Crippen LogP contribution in [0, 0.1) is 6.92 Å². The fourth-order valence-electron chi connectivity index (χ4n) is 3.81. The molecule has 1 saturated heterocycles. The van der Waals surface area contributed by atoms with Crippen molar-refractivity contribution in [1.29, 1.82) is 0 Å². The van der Waals surface area contributed by atoms with Crippen LogP contribution >= 0.6 is 0 Å². The Hall–Kier alpha value is -3.53. The highest BCUT2D eigenvalue weighted by Crippen LogP contribution is 2.40. The van der Waals surface area contributed by atoms with Crippen molar-refractivity contribution in [1.82, 2.24) is 15.1 Å². The van der Waals surface area contributed by atoms with Gasteiger partial charge in [0.05, 0.1) is 43.7 Å². The third-order valence-electron chi connectivity index (χ3n) is 6.18. The van der Waals surface area contributed by atoms with Crippen molar-refractivity contribution < 1.29 is 45.4 Å². The number of carbonyl (C=O) groups is 2. The van der Waals surface area contributed by atoms with Crippen LogP contribution in [-0.4, -0.2) is 74.4 Å². The molecule has 2 aliphatic heterocycles. The molecule has 2 N–H and O–H groups in total. The highest BCUT2D eigenvalue weighted by molar-refractivity contribution is 7.92. The van der Waals surface area contributed by atoms with E-state index in [1.54, 1.807) is 6.92 Å². The van der Waals surface area contributed by atoms with Crippen molar-refractivity contribution >= 4 is 33.4 Å². The smallest absolute Gasteiger partial charge is 0.427 e. The molecule has 1 fully saturated rings. The molecule has 2 amide bonds. The molecule has 0 bridgehead atoms. The zero-order valence-electron chi connectivity index (χ0n) is 21.5. The predicted molar refractivity (Wildman–Crippen MR) is 131 cm³/mol. The summed E-state index contributed by atoms with van der Waals surface area (Å²) in [5, 5.41) is 9.11. The number of sulfonamides is 1. The molecule has 12 nitrogen and oxygen atoms in total. The Kier molecular flexibility index (Phi) is 7.46. The van der Waals surface area contributed by atoms with Gasteiger partial charge in [0.15, 0.2) is 0 Å². The number of hydrogen-bond acceptors (Lipinski definition) is 8. The number of nitrogens with zero attached hydrogens (tertiary/aromatic N) is 3. The fourth-order valence-corrected chi connectivity index (χ4v) is 5.47. The highest BCUT2D eigenvalue weighted by Gasteiger charge is 2.51. The molecule has 0 aliphatic carbocycles. The number of alkyl halides is 3. The number of anilines is 2. The summed E-state index contributed by atoms with van der Waals surface area (Å²) in [6, 6.07) is 3.85. The first kappa shape index (κ1) is 28.5. The van der Waals surface area contributed by atoms with Gasteiger partial charge in [0, 0.05) is 18.8 Å². The van der Waals surface area contributed by atoms with Crippen molar-refractivity contribution in [3.05, 3.63) is 30.1 Å². The SMILES string of the molecule is CC(=O)NCC1CN(S(=O)(=O)c2cn(C3COC3)nc2C)c2cc(NC(=O)OC(C)(C)C(F)(F)F)ccc2O1. The number of hydrogen-bond donors (Lipinski definition) is 2. The zero-order valence-corrected chi connectivity index (χ0v) is 22.4. The quantitative estimate of drug-likeness (QED) is 0.514. The monoisotopic (exact) mass is 575 g/mol. The molecule has 0 spiro atoms. The van der Waals surface area contributed by atoms with Crippen LogP contribution in [0.5, 0.6) is 5.75 Å². The Bertz CT molecular complexity index is 1370. The van der Waals surface area contributed by atoms with E-state index in [0.29, 0.717) is 27.1 Å². The normalized spacial score (nSPS) is 18.0. The summed E-state index contributed by atoms with van der Waals surface area (Å²) in [5.41, 5.74) is -2.51. The molecule has 0 saturated carbocycles. The van der Waals surface area contributed by atoms with E-state index < -0.39 is 34.0 Å². The van der Waals surface area contributed by atoms with E-state index in [0.717, 1.165) is 4.31 Å². The Labute approximate surface area is 222 Å². The van der Waals surface area contributed by atoms with Gasteiger partial charge in [-0.25, -0.2) is 13.2 Å². The van der Waals surface area contributed by atoms with Gasteiger partial charge in [-0.3, -0.25) is 19.1 Å². The van der Waals surface area contributed by atoms with Gasteiger partial charge in [-0.1, -0.05) is 0 Å². The van der Waals surface area contributed by atoms with E-state index in [1.807, 2.05) is 0 Å². The number of carbonyl (C=O) groups excluding carboxylic acids is 2. The number of benzene rings is 1. The second kappa shape index (κ2) is 10.2. The maximum Gasteiger partial charge on any atom is 0.427 e. The van der Waals surface area contributed by atoms with Crippen molar-refractivity contribution in [3.8, 4) is 5.75 Å². The molecule has 1 atom stereocenters. The fraction of sp³-hybridized carbons (Fsp3) is 0.522. The number of aromatic nitrogens is 2. The van der Waals surface area contributed by atoms with Crippen LogP contribution < -0.4 is 19.7 Å². The van der Waals surface area contributed by atoms with E-state index in [-0.39, 0.29) is 52.8 Å². The van der Waals surface area contributed by atoms with Gasteiger partial charge in [-0.05, 0) is 39.0 Å². The average Bonchev–Trinajstić information content (AvgIpc) is 3.16. The number of aryl methyl sites for hydroxylation is 1. The van der Waals surface area contributed by atoms with Crippen molar-refractivity contribution in [3.63, 3.8) is 0 Å². The van der Waals surface area contributed by atoms with Gasteiger partial charge < -0.3 is 19.5 Å². The summed E-state index contributed by atoms with van der Waals surface area (Å²) in [7, 11) is -4.24. The molecule has 4 rings (SSSR count). The molecule has 16 heteroatoms. The second-order valence-corrected chi connectivity index (χ2v) is 11.5. The van der Waals surface area contributed by atoms with Gasteiger partial charge in [-0.15, -0.1) is 0 Å². The van der Waals surface area contributed by atoms with Gasteiger partial charge >= 0.3 is 12.3 Å². The molecule has 214 valence electrons. The second-order valence-electron chi connectivity index (χ2n) is 9.67. The standard InChI is InChI=1S/C23H28F3N5O7S/c1-13-20(10-30(29-13)16-11-36-12-16)39(34,35)31-9-17(8-27-14(2)32)37-19-6-5-15(7-18(19)31)28-21(33)38-22(3,4)23(24,25)26/h5-7,10,16-17H,8-9,11-12H2,1-4H3,(H,27,32)(H,28,33). The first-order chi connectivity index (χ1) is 18.1. The largest absolute Gasteiger partial charge is 0.484 e. The lowest BCUT2D eigenvalue weighted by Gasteiger charge is -2.35. The van der Waals surface area contributed by atoms with E-state index in [4.69, 9.17) is 9.47 Å². The van der Waals surface area contributed by atoms with Crippen LogP contribution in [0.2, 0.25) is 0 Å². The summed E-state index contributed by atoms with van der Waals surface area (Å²) in [5.74, 6) is -0.217. The minimum Gasteiger partial charge on any atom is -0.484 e. The number of ether oxygens (including phenoxy) is 3. The minimum atomic E-state index is -4.81. The molecule has 3 heterocycles. The molecule has 1 unspecified atom stereocenters. The van der Waals surface area contributed by atoms with E-state index in [1.165, 1.54) is 36.0 Å². The first-order valence-corrected chi connectivity index (χ1v) is 13.3. The summed E-state index contributed by atoms with van der Waals surface area (Å²) in [6.07, 6.45) is -5.54. The summed E-state index contributed by atoms with van der Waals surface area (Å²) >= 11 is 0. The van der Waals surface area contributed by atoms with Gasteiger partial charge in [-0.2, -0.15) is 18.3 Å². The third-order valence-corrected chi connectivity index (χ3v) is 8.06. The molecule has 1 aromatic heterocycles. The van der Waals surface area contributed by atoms with Crippen molar-refractivity contribution in [2.75, 3.05) is 35.9 Å². The first-order valence-electron chi connectivity index (χ1n) is 11.9. The van der Waals surface area contributed by atoms with Crippen LogP contribution in [-0.2, 0) is 24.3 Å². The maximum absolute atomic E-state index is 13.9. The molecule has 1 aromatic carbocycles. The van der Waals surface area contributed by atoms with E-state index in [2.05, 4.69) is 20.5 Å². The maximum atomic E-state index is 13.9. The third kappa shape index (κ3) is 5.90. The van der Waals surface area contributed by atoms with Crippen molar-refractivity contribution in [2.24, 2.45) is 0 Å². The lowest BCUT2D eigenvalue weighted by molar-refractivity contribution is -0.242. The van der Waals surface area contributed by atoms with Crippen LogP contribution in [0.25, 0.3) is 0 Å². The molecular weight excluding hydrogens is 547 g/mol. The van der Waals surface area contributed by atoms with Crippen molar-refractivity contribution in [2.45, 2.75) is 56.5 Å². The number of halogens is 3. The van der Waals surface area contributed by atoms with Crippen LogP contribution in [0.3, 0.4) is 0 Å². The Balaban J connectivity index is 1.66. The van der Waals surface area contributed by atoms with Crippen LogP contribution in [0.15, 0.2) is 29.3 Å². The van der Waals surface area contributed by atoms with E-state index in [9.17, 15) is 31.2 Å². The van der Waals surface area contributed by atoms with Gasteiger partial charge in [0.2, 0.25) is 11.5 Å². The predicted octanol–water partition coefficient (Wildman–Crippen LogP) is 2.74. The highest BCUT2D eigenvalue weighted by atomic mass is 32.2. The molecule has 39 heavy (non-hydrogen) atoms. The lowest BCUT2D eigenvalue weighted by Crippen LogP contribution is -2.48. The molecule has 2 aliphatic rings. The topological polar surface area (TPSA) is 141 Å². The van der Waals surface area contributed by atoms with Crippen LogP contribution in [0.1, 0.15) is 32.5 Å². The zero-order chi connectivity index (χ0) is 28.8. The van der Waals surface area contributed by atoms with Crippen LogP contribution in [0.4, 0.5) is 29.3 Å². The molecule has 0 radical (unpaired) electrons. The lowest BCUT2D eigenvalue weighted by atomic mass is 10.1.